The Morgan fingerprint density at radius 1 is 1.10 bits per heavy atom. The number of carbonyl (C=O) groups is 2. The van der Waals surface area contributed by atoms with Crippen LogP contribution >= 0.6 is 0 Å². The summed E-state index contributed by atoms with van der Waals surface area (Å²) in [7, 11) is 0. The van der Waals surface area contributed by atoms with Gasteiger partial charge in [0, 0.05) is 5.69 Å². The van der Waals surface area contributed by atoms with Crippen molar-refractivity contribution in [1.29, 1.82) is 0 Å². The highest BCUT2D eigenvalue weighted by Gasteiger charge is 2.23. The first-order valence-corrected chi connectivity index (χ1v) is 6.52. The molecule has 1 heterocycles. The molecule has 1 atom stereocenters. The highest BCUT2D eigenvalue weighted by molar-refractivity contribution is 5.97. The first kappa shape index (κ1) is 14.7. The Bertz CT molecular complexity index is 668. The number of nitrogens with zero attached hydrogens (tertiary/aromatic N) is 1. The fourth-order valence-corrected chi connectivity index (χ4v) is 2.07. The number of carboxylic acids is 1. The zero-order valence-electron chi connectivity index (χ0n) is 11.8. The van der Waals surface area contributed by atoms with Gasteiger partial charge in [0.25, 0.3) is 5.91 Å². The van der Waals surface area contributed by atoms with E-state index in [1.54, 1.807) is 49.4 Å². The van der Waals surface area contributed by atoms with Crippen LogP contribution < -0.4 is 5.32 Å². The standard InChI is InChI=1S/C16H16N2O3/c1-10-8-9-13(11(2)17-10)15(19)18-14(16(20)21)12-6-4-3-5-7-12/h3-9,14H,1-2H3,(H,18,19)(H,20,21)/t14-/m0/s1. The number of hydrogen-bond acceptors (Lipinski definition) is 3. The molecular weight excluding hydrogens is 268 g/mol. The molecule has 0 aliphatic rings. The third-order valence-corrected chi connectivity index (χ3v) is 3.12. The van der Waals surface area contributed by atoms with Gasteiger partial charge in [0.15, 0.2) is 6.04 Å². The lowest BCUT2D eigenvalue weighted by molar-refractivity contribution is -0.139. The zero-order valence-corrected chi connectivity index (χ0v) is 11.8. The van der Waals surface area contributed by atoms with Crippen molar-refractivity contribution in [2.75, 3.05) is 0 Å². The molecule has 0 saturated carbocycles. The fraction of sp³-hybridized carbons (Fsp3) is 0.188. The van der Waals surface area contributed by atoms with Gasteiger partial charge in [-0.05, 0) is 31.5 Å². The third-order valence-electron chi connectivity index (χ3n) is 3.12. The smallest absolute Gasteiger partial charge is 0.330 e. The molecule has 0 radical (unpaired) electrons. The fourth-order valence-electron chi connectivity index (χ4n) is 2.07. The summed E-state index contributed by atoms with van der Waals surface area (Å²) in [5, 5.41) is 11.8. The number of benzene rings is 1. The van der Waals surface area contributed by atoms with Crippen molar-refractivity contribution >= 4 is 11.9 Å². The summed E-state index contributed by atoms with van der Waals surface area (Å²) >= 11 is 0. The van der Waals surface area contributed by atoms with Crippen LogP contribution in [-0.4, -0.2) is 22.0 Å². The monoisotopic (exact) mass is 284 g/mol. The SMILES string of the molecule is Cc1ccc(C(=O)N[C@H](C(=O)O)c2ccccc2)c(C)n1. The van der Waals surface area contributed by atoms with E-state index < -0.39 is 17.9 Å². The quantitative estimate of drug-likeness (QED) is 0.902. The molecule has 0 aliphatic carbocycles. The van der Waals surface area contributed by atoms with E-state index in [9.17, 15) is 14.7 Å². The molecule has 0 bridgehead atoms. The van der Waals surface area contributed by atoms with Crippen LogP contribution in [0, 0.1) is 13.8 Å². The van der Waals surface area contributed by atoms with Gasteiger partial charge in [-0.15, -0.1) is 0 Å². The van der Waals surface area contributed by atoms with Crippen molar-refractivity contribution in [2.24, 2.45) is 0 Å². The second kappa shape index (κ2) is 6.17. The summed E-state index contributed by atoms with van der Waals surface area (Å²) in [6.45, 7) is 3.55. The van der Waals surface area contributed by atoms with Gasteiger partial charge in [-0.2, -0.15) is 0 Å². The minimum Gasteiger partial charge on any atom is -0.479 e. The molecule has 1 amide bonds. The molecule has 2 N–H and O–H groups in total. The molecular formula is C16H16N2O3. The van der Waals surface area contributed by atoms with Crippen molar-refractivity contribution in [2.45, 2.75) is 19.9 Å². The van der Waals surface area contributed by atoms with Crippen LogP contribution in [0.5, 0.6) is 0 Å². The van der Waals surface area contributed by atoms with Crippen LogP contribution in [0.1, 0.15) is 33.4 Å². The van der Waals surface area contributed by atoms with Gasteiger partial charge in [-0.1, -0.05) is 30.3 Å². The first-order valence-electron chi connectivity index (χ1n) is 6.52. The summed E-state index contributed by atoms with van der Waals surface area (Å²) in [6, 6.07) is 10.9. The summed E-state index contributed by atoms with van der Waals surface area (Å²) in [6.07, 6.45) is 0. The van der Waals surface area contributed by atoms with Crippen LogP contribution in [-0.2, 0) is 4.79 Å². The first-order chi connectivity index (χ1) is 9.99. The van der Waals surface area contributed by atoms with Gasteiger partial charge < -0.3 is 10.4 Å². The van der Waals surface area contributed by atoms with Crippen LogP contribution in [0.25, 0.3) is 0 Å². The maximum Gasteiger partial charge on any atom is 0.330 e. The molecule has 0 unspecified atom stereocenters. The summed E-state index contributed by atoms with van der Waals surface area (Å²) in [5.41, 5.74) is 2.28. The van der Waals surface area contributed by atoms with Gasteiger partial charge in [0.1, 0.15) is 0 Å². The average molecular weight is 284 g/mol. The van der Waals surface area contributed by atoms with Crippen LogP contribution in [0.3, 0.4) is 0 Å². The van der Waals surface area contributed by atoms with Crippen LogP contribution in [0.4, 0.5) is 0 Å². The van der Waals surface area contributed by atoms with E-state index in [4.69, 9.17) is 0 Å². The molecule has 21 heavy (non-hydrogen) atoms. The third kappa shape index (κ3) is 3.45. The average Bonchev–Trinajstić information content (AvgIpc) is 2.45. The van der Waals surface area contributed by atoms with E-state index in [1.165, 1.54) is 0 Å². The molecule has 0 aliphatic heterocycles. The largest absolute Gasteiger partial charge is 0.479 e. The van der Waals surface area contributed by atoms with Gasteiger partial charge in [0.2, 0.25) is 0 Å². The Balaban J connectivity index is 2.25. The van der Waals surface area contributed by atoms with Crippen molar-refractivity contribution in [3.63, 3.8) is 0 Å². The minimum absolute atomic E-state index is 0.378. The van der Waals surface area contributed by atoms with E-state index in [-0.39, 0.29) is 0 Å². The Morgan fingerprint density at radius 3 is 2.33 bits per heavy atom. The van der Waals surface area contributed by atoms with E-state index in [0.717, 1.165) is 5.69 Å². The van der Waals surface area contributed by atoms with Crippen molar-refractivity contribution in [3.8, 4) is 0 Å². The molecule has 0 saturated heterocycles. The second-order valence-corrected chi connectivity index (χ2v) is 4.74. The normalized spacial score (nSPS) is 11.7. The van der Waals surface area contributed by atoms with Crippen LogP contribution in [0.15, 0.2) is 42.5 Å². The number of carbonyl (C=O) groups excluding carboxylic acids is 1. The van der Waals surface area contributed by atoms with E-state index in [2.05, 4.69) is 10.3 Å². The number of rotatable bonds is 4. The van der Waals surface area contributed by atoms with Gasteiger partial charge in [0.05, 0.1) is 11.3 Å². The number of nitrogens with one attached hydrogen (secondary N) is 1. The molecule has 5 heteroatoms. The molecule has 2 aromatic rings. The highest BCUT2D eigenvalue weighted by atomic mass is 16.4. The van der Waals surface area contributed by atoms with Crippen LogP contribution in [0.2, 0.25) is 0 Å². The summed E-state index contributed by atoms with van der Waals surface area (Å²) in [5.74, 6) is -1.55. The lowest BCUT2D eigenvalue weighted by atomic mass is 10.1. The Labute approximate surface area is 122 Å². The number of aromatic nitrogens is 1. The number of aryl methyl sites for hydroxylation is 2. The molecule has 2 rings (SSSR count). The van der Waals surface area contributed by atoms with Gasteiger partial charge in [-0.25, -0.2) is 4.79 Å². The Kier molecular flexibility index (Phi) is 4.33. The van der Waals surface area contributed by atoms with Gasteiger partial charge in [-0.3, -0.25) is 9.78 Å². The molecule has 1 aromatic carbocycles. The minimum atomic E-state index is -1.10. The lowest BCUT2D eigenvalue weighted by Crippen LogP contribution is -2.34. The van der Waals surface area contributed by atoms with Crippen molar-refractivity contribution < 1.29 is 14.7 Å². The summed E-state index contributed by atoms with van der Waals surface area (Å²) < 4.78 is 0. The number of pyridine rings is 1. The number of aliphatic carboxylic acids is 1. The Morgan fingerprint density at radius 2 is 1.76 bits per heavy atom. The zero-order chi connectivity index (χ0) is 15.4. The van der Waals surface area contributed by atoms with E-state index in [0.29, 0.717) is 16.8 Å². The molecule has 0 spiro atoms. The van der Waals surface area contributed by atoms with Gasteiger partial charge >= 0.3 is 5.97 Å². The Hall–Kier alpha value is -2.69. The molecule has 5 nitrogen and oxygen atoms in total. The molecule has 0 fully saturated rings. The predicted molar refractivity (Wildman–Crippen MR) is 78.0 cm³/mol. The predicted octanol–water partition coefficient (Wildman–Crippen LogP) is 2.25. The number of carboxylic acid groups (broad SMARTS) is 1. The maximum atomic E-state index is 12.3. The molecule has 1 aromatic heterocycles. The van der Waals surface area contributed by atoms with E-state index >= 15 is 0 Å². The topological polar surface area (TPSA) is 79.3 Å². The molecule has 108 valence electrons. The summed E-state index contributed by atoms with van der Waals surface area (Å²) in [4.78, 5) is 27.8. The van der Waals surface area contributed by atoms with E-state index in [1.807, 2.05) is 6.92 Å². The maximum absolute atomic E-state index is 12.3. The number of amides is 1. The highest BCUT2D eigenvalue weighted by Crippen LogP contribution is 2.15. The lowest BCUT2D eigenvalue weighted by Gasteiger charge is -2.15. The number of hydrogen-bond donors (Lipinski definition) is 2. The second-order valence-electron chi connectivity index (χ2n) is 4.74. The van der Waals surface area contributed by atoms with Crippen molar-refractivity contribution in [1.82, 2.24) is 10.3 Å². The van der Waals surface area contributed by atoms with Crippen molar-refractivity contribution in [3.05, 3.63) is 65.0 Å².